The van der Waals surface area contributed by atoms with Crippen LogP contribution < -0.4 is 15.5 Å². The maximum atomic E-state index is 11.9. The molecule has 1 heterocycles. The molecular formula is C20H17Cl2N7O4. The van der Waals surface area contributed by atoms with Gasteiger partial charge in [-0.2, -0.15) is 5.26 Å². The molecule has 0 fully saturated rings. The number of rotatable bonds is 6. The molecule has 0 spiro atoms. The lowest BCUT2D eigenvalue weighted by molar-refractivity contribution is -0.114. The van der Waals surface area contributed by atoms with Gasteiger partial charge >= 0.3 is 11.9 Å². The van der Waals surface area contributed by atoms with Gasteiger partial charge in [0.2, 0.25) is 5.88 Å². The summed E-state index contributed by atoms with van der Waals surface area (Å²) in [5.41, 5.74) is 3.54. The van der Waals surface area contributed by atoms with E-state index in [0.29, 0.717) is 5.56 Å². The number of benzene rings is 1. The van der Waals surface area contributed by atoms with Crippen molar-refractivity contribution < 1.29 is 19.1 Å². The van der Waals surface area contributed by atoms with Gasteiger partial charge in [-0.3, -0.25) is 10.1 Å². The second kappa shape index (κ2) is 11.6. The minimum atomic E-state index is -1.05. The number of amidine groups is 1. The van der Waals surface area contributed by atoms with E-state index in [0.717, 1.165) is 0 Å². The average molecular weight is 490 g/mol. The van der Waals surface area contributed by atoms with Crippen molar-refractivity contribution in [3.63, 3.8) is 0 Å². The number of carbonyl (C=O) groups is 2. The predicted molar refractivity (Wildman–Crippen MR) is 120 cm³/mol. The van der Waals surface area contributed by atoms with E-state index in [1.807, 2.05) is 25.2 Å². The van der Waals surface area contributed by atoms with Crippen LogP contribution in [0.5, 0.6) is 11.6 Å². The van der Waals surface area contributed by atoms with Crippen LogP contribution in [0, 0.1) is 17.9 Å². The first-order valence-electron chi connectivity index (χ1n) is 9.34. The molecule has 0 atom stereocenters. The normalized spacial score (nSPS) is 10.7. The summed E-state index contributed by atoms with van der Waals surface area (Å²) in [5, 5.41) is 22.5. The minimum absolute atomic E-state index is 0.00514. The SMILES string of the molecule is [C-]#[N+]/C(=N/Nc1cc(Cl)c(Oc2cc(C(C)C)c(C#N)nn2)c(Cl)c1)C(=O)NC(=O)OCC. The highest BCUT2D eigenvalue weighted by Gasteiger charge is 2.18. The standard InChI is InChI=1S/C20H17Cl2N7O4/c1-5-32-20(31)25-19(30)18(24-4)29-26-11-6-13(21)17(14(22)7-11)33-16-8-12(10(2)3)15(9-23)27-28-16/h6-8,10,26H,5H2,1-3H3,(H,25,30,31)/b29-18+. The van der Waals surface area contributed by atoms with Crippen LogP contribution in [0.2, 0.25) is 10.0 Å². The van der Waals surface area contributed by atoms with Crippen LogP contribution in [-0.2, 0) is 9.53 Å². The second-order valence-electron chi connectivity index (χ2n) is 6.46. The topological polar surface area (TPSA) is 143 Å². The Hall–Kier alpha value is -3.93. The van der Waals surface area contributed by atoms with Crippen LogP contribution in [0.25, 0.3) is 4.85 Å². The van der Waals surface area contributed by atoms with Gasteiger partial charge in [0.25, 0.3) is 5.91 Å². The summed E-state index contributed by atoms with van der Waals surface area (Å²) in [6, 6.07) is 6.32. The Morgan fingerprint density at radius 3 is 2.48 bits per heavy atom. The van der Waals surface area contributed by atoms with Gasteiger partial charge < -0.3 is 14.3 Å². The maximum Gasteiger partial charge on any atom is 0.413 e. The molecule has 0 aliphatic heterocycles. The number of nitriles is 1. The van der Waals surface area contributed by atoms with Crippen molar-refractivity contribution in [2.24, 2.45) is 5.10 Å². The average Bonchev–Trinajstić information content (AvgIpc) is 2.76. The smallest absolute Gasteiger partial charge is 0.413 e. The van der Waals surface area contributed by atoms with Crippen LogP contribution in [0.1, 0.15) is 37.9 Å². The number of hydrogen-bond donors (Lipinski definition) is 2. The monoisotopic (exact) mass is 489 g/mol. The molecule has 11 nitrogen and oxygen atoms in total. The minimum Gasteiger partial charge on any atom is -0.450 e. The van der Waals surface area contributed by atoms with E-state index in [9.17, 15) is 9.59 Å². The number of halogens is 2. The number of alkyl carbamates (subject to hydrolysis) is 1. The molecule has 2 amide bonds. The zero-order chi connectivity index (χ0) is 24.5. The third-order valence-corrected chi connectivity index (χ3v) is 4.39. The first-order chi connectivity index (χ1) is 15.7. The number of imide groups is 1. The Balaban J connectivity index is 2.22. The van der Waals surface area contributed by atoms with Gasteiger partial charge in [0.1, 0.15) is 6.07 Å². The molecule has 0 aliphatic rings. The number of ether oxygens (including phenoxy) is 2. The lowest BCUT2D eigenvalue weighted by Gasteiger charge is -2.12. The highest BCUT2D eigenvalue weighted by Crippen LogP contribution is 2.38. The van der Waals surface area contributed by atoms with Crippen molar-refractivity contribution in [2.45, 2.75) is 26.7 Å². The van der Waals surface area contributed by atoms with Crippen molar-refractivity contribution in [1.29, 1.82) is 5.26 Å². The Morgan fingerprint density at radius 2 is 1.94 bits per heavy atom. The van der Waals surface area contributed by atoms with Crippen molar-refractivity contribution in [3.05, 3.63) is 50.9 Å². The molecule has 170 valence electrons. The van der Waals surface area contributed by atoms with Crippen molar-refractivity contribution in [3.8, 4) is 17.7 Å². The highest BCUT2D eigenvalue weighted by atomic mass is 35.5. The van der Waals surface area contributed by atoms with E-state index in [1.165, 1.54) is 12.1 Å². The molecule has 2 rings (SSSR count). The summed E-state index contributed by atoms with van der Waals surface area (Å²) in [6.07, 6.45) is -1.00. The maximum absolute atomic E-state index is 11.9. The zero-order valence-corrected chi connectivity index (χ0v) is 19.2. The molecule has 13 heteroatoms. The number of nitrogens with one attached hydrogen (secondary N) is 2. The van der Waals surface area contributed by atoms with E-state index in [2.05, 4.69) is 30.3 Å². The Morgan fingerprint density at radius 1 is 1.27 bits per heavy atom. The zero-order valence-electron chi connectivity index (χ0n) is 17.6. The van der Waals surface area contributed by atoms with Crippen molar-refractivity contribution in [2.75, 3.05) is 12.0 Å². The number of hydrogen-bond acceptors (Lipinski definition) is 9. The van der Waals surface area contributed by atoms with Gasteiger partial charge in [0.05, 0.1) is 22.3 Å². The predicted octanol–water partition coefficient (Wildman–Crippen LogP) is 4.49. The fraction of sp³-hybridized carbons (Fsp3) is 0.250. The molecule has 0 unspecified atom stereocenters. The number of nitrogens with zero attached hydrogens (tertiary/aromatic N) is 5. The van der Waals surface area contributed by atoms with E-state index in [1.54, 1.807) is 13.0 Å². The first-order valence-corrected chi connectivity index (χ1v) is 10.1. The summed E-state index contributed by atoms with van der Waals surface area (Å²) in [4.78, 5) is 26.2. The van der Waals surface area contributed by atoms with E-state index in [4.69, 9.17) is 39.8 Å². The number of aromatic nitrogens is 2. The van der Waals surface area contributed by atoms with Crippen LogP contribution in [-0.4, -0.2) is 34.6 Å². The number of anilines is 1. The molecule has 1 aromatic carbocycles. The summed E-state index contributed by atoms with van der Waals surface area (Å²) in [7, 11) is 0. The number of amides is 2. The largest absolute Gasteiger partial charge is 0.450 e. The van der Waals surface area contributed by atoms with Crippen LogP contribution in [0.15, 0.2) is 23.3 Å². The summed E-state index contributed by atoms with van der Waals surface area (Å²) in [5.74, 6) is -1.53. The van der Waals surface area contributed by atoms with Gasteiger partial charge in [0.15, 0.2) is 11.4 Å². The molecule has 33 heavy (non-hydrogen) atoms. The van der Waals surface area contributed by atoms with Crippen LogP contribution in [0.4, 0.5) is 10.5 Å². The summed E-state index contributed by atoms with van der Waals surface area (Å²) < 4.78 is 10.2. The van der Waals surface area contributed by atoms with Crippen LogP contribution >= 0.6 is 23.2 Å². The molecule has 2 aromatic rings. The highest BCUT2D eigenvalue weighted by molar-refractivity contribution is 6.44. The molecule has 1 aromatic heterocycles. The number of hydrazone groups is 1. The van der Waals surface area contributed by atoms with Crippen LogP contribution in [0.3, 0.4) is 0 Å². The molecule has 0 bridgehead atoms. The molecule has 0 aliphatic carbocycles. The third kappa shape index (κ3) is 6.77. The van der Waals surface area contributed by atoms with Gasteiger partial charge in [-0.1, -0.05) is 43.6 Å². The Bertz CT molecular complexity index is 1160. The van der Waals surface area contributed by atoms with Crippen molar-refractivity contribution in [1.82, 2.24) is 15.5 Å². The lowest BCUT2D eigenvalue weighted by atomic mass is 10.0. The second-order valence-corrected chi connectivity index (χ2v) is 7.27. The van der Waals surface area contributed by atoms with Gasteiger partial charge in [-0.25, -0.2) is 10.2 Å². The molecule has 0 saturated heterocycles. The van der Waals surface area contributed by atoms with Gasteiger partial charge in [-0.15, -0.1) is 10.2 Å². The summed E-state index contributed by atoms with van der Waals surface area (Å²) in [6.45, 7) is 12.5. The van der Waals surface area contributed by atoms with E-state index in [-0.39, 0.29) is 45.6 Å². The van der Waals surface area contributed by atoms with Gasteiger partial charge in [0, 0.05) is 6.07 Å². The fourth-order valence-corrected chi connectivity index (χ4v) is 2.91. The quantitative estimate of drug-likeness (QED) is 0.261. The Kier molecular flexibility index (Phi) is 8.92. The fourth-order valence-electron chi connectivity index (χ4n) is 2.35. The lowest BCUT2D eigenvalue weighted by Crippen LogP contribution is -2.35. The molecular weight excluding hydrogens is 473 g/mol. The number of carbonyl (C=O) groups excluding carboxylic acids is 2. The summed E-state index contributed by atoms with van der Waals surface area (Å²) >= 11 is 12.5. The Labute approximate surface area is 199 Å². The first kappa shape index (κ1) is 25.3. The third-order valence-electron chi connectivity index (χ3n) is 3.82. The van der Waals surface area contributed by atoms with Crippen molar-refractivity contribution >= 4 is 46.7 Å². The van der Waals surface area contributed by atoms with E-state index >= 15 is 0 Å². The van der Waals surface area contributed by atoms with Gasteiger partial charge in [-0.05, 0) is 35.6 Å². The van der Waals surface area contributed by atoms with E-state index < -0.39 is 17.8 Å². The molecule has 0 radical (unpaired) electrons. The molecule has 0 saturated carbocycles. The molecule has 2 N–H and O–H groups in total.